The largest absolute Gasteiger partial charge is 0.273 e. The zero-order chi connectivity index (χ0) is 9.72. The van der Waals surface area contributed by atoms with Crippen LogP contribution in [0.15, 0.2) is 12.2 Å². The second-order valence-corrected chi connectivity index (χ2v) is 2.86. The van der Waals surface area contributed by atoms with Crippen LogP contribution in [0.3, 0.4) is 0 Å². The van der Waals surface area contributed by atoms with E-state index in [2.05, 4.69) is 6.58 Å². The highest BCUT2D eigenvalue weighted by atomic mass is 16.2. The minimum Gasteiger partial charge on any atom is -0.273 e. The van der Waals surface area contributed by atoms with Gasteiger partial charge in [-0.2, -0.15) is 0 Å². The van der Waals surface area contributed by atoms with Crippen LogP contribution in [0.25, 0.3) is 0 Å². The molecular weight excluding hydrogens is 156 g/mol. The van der Waals surface area contributed by atoms with Crippen LogP contribution in [-0.2, 0) is 9.59 Å². The molecule has 0 atom stereocenters. The predicted octanol–water partition coefficient (Wildman–Crippen LogP) is 0.592. The number of amides is 2. The maximum absolute atomic E-state index is 10.4. The Hall–Kier alpha value is -1.16. The first-order valence-corrected chi connectivity index (χ1v) is 3.67. The smallest absolute Gasteiger partial charge is 0.244 e. The molecule has 0 aromatic heterocycles. The summed E-state index contributed by atoms with van der Waals surface area (Å²) in [5, 5.41) is 0.667. The van der Waals surface area contributed by atoms with E-state index in [0.717, 1.165) is 0 Å². The average Bonchev–Trinajstić information content (AvgIpc) is 2.19. The first-order valence-electron chi connectivity index (χ1n) is 3.67. The lowest BCUT2D eigenvalue weighted by molar-refractivity contribution is -0.138. The summed E-state index contributed by atoms with van der Waals surface area (Å²) in [5.41, 5.74) is 1.17. The zero-order valence-electron chi connectivity index (χ0n) is 7.46. The maximum atomic E-state index is 10.4. The van der Waals surface area contributed by atoms with Gasteiger partial charge in [-0.05, 0) is 13.8 Å². The van der Waals surface area contributed by atoms with Crippen LogP contribution in [0, 0.1) is 0 Å². The first-order chi connectivity index (χ1) is 5.45. The molecule has 0 radical (unpaired) electrons. The highest BCUT2D eigenvalue weighted by Crippen LogP contribution is 2.05. The molecule has 1 heterocycles. The Morgan fingerprint density at radius 2 is 1.58 bits per heavy atom. The highest BCUT2D eigenvalue weighted by Gasteiger charge is 2.25. The molecular formula is C8H14N2O2. The minimum absolute atomic E-state index is 0.273. The molecule has 0 unspecified atom stereocenters. The quantitative estimate of drug-likeness (QED) is 0.250. The Morgan fingerprint density at radius 3 is 1.67 bits per heavy atom. The summed E-state index contributed by atoms with van der Waals surface area (Å²) in [6.07, 6.45) is 0.546. The van der Waals surface area contributed by atoms with Crippen molar-refractivity contribution in [3.8, 4) is 0 Å². The molecule has 4 heteroatoms. The van der Waals surface area contributed by atoms with Crippen LogP contribution in [0.5, 0.6) is 0 Å². The summed E-state index contributed by atoms with van der Waals surface area (Å²) in [4.78, 5) is 20.7. The summed E-state index contributed by atoms with van der Waals surface area (Å²) >= 11 is 0. The van der Waals surface area contributed by atoms with Gasteiger partial charge in [-0.3, -0.25) is 9.59 Å². The van der Waals surface area contributed by atoms with Gasteiger partial charge in [0.05, 0.1) is 0 Å². The van der Waals surface area contributed by atoms with Crippen molar-refractivity contribution >= 4 is 11.8 Å². The van der Waals surface area contributed by atoms with Crippen molar-refractivity contribution in [2.45, 2.75) is 26.7 Å². The second-order valence-electron chi connectivity index (χ2n) is 2.86. The van der Waals surface area contributed by atoms with Crippen molar-refractivity contribution in [2.24, 2.45) is 5.84 Å². The summed E-state index contributed by atoms with van der Waals surface area (Å²) in [7, 11) is 0. The van der Waals surface area contributed by atoms with E-state index in [-0.39, 0.29) is 24.7 Å². The number of hydrogen-bond acceptors (Lipinski definition) is 3. The van der Waals surface area contributed by atoms with Gasteiger partial charge in [0.15, 0.2) is 0 Å². The SMILES string of the molecule is C=C(C)C.NN1C(=O)CCC1=O. The fourth-order valence-corrected chi connectivity index (χ4v) is 0.594. The Bertz CT molecular complexity index is 191. The molecule has 4 nitrogen and oxygen atoms in total. The number of carbonyl (C=O) groups excluding carboxylic acids is 2. The lowest BCUT2D eigenvalue weighted by Crippen LogP contribution is -2.35. The number of carbonyl (C=O) groups is 2. The van der Waals surface area contributed by atoms with Gasteiger partial charge in [0.1, 0.15) is 0 Å². The Labute approximate surface area is 72.0 Å². The van der Waals surface area contributed by atoms with E-state index in [1.54, 1.807) is 0 Å². The van der Waals surface area contributed by atoms with Crippen molar-refractivity contribution in [3.05, 3.63) is 12.2 Å². The minimum atomic E-state index is -0.282. The Kier molecular flexibility index (Phi) is 4.21. The number of nitrogens with two attached hydrogens (primary N) is 1. The summed E-state index contributed by atoms with van der Waals surface area (Å²) in [6, 6.07) is 0. The van der Waals surface area contributed by atoms with Gasteiger partial charge in [-0.25, -0.2) is 10.9 Å². The standard InChI is InChI=1S/C4H6N2O2.C4H8/c5-6-3(7)1-2-4(6)8;1-4(2)3/h1-2,5H2;1H2,2-3H3. The van der Waals surface area contributed by atoms with E-state index in [1.807, 2.05) is 13.8 Å². The van der Waals surface area contributed by atoms with E-state index in [1.165, 1.54) is 5.57 Å². The van der Waals surface area contributed by atoms with Crippen LogP contribution in [-0.4, -0.2) is 16.8 Å². The third-order valence-electron chi connectivity index (χ3n) is 1.09. The average molecular weight is 170 g/mol. The maximum Gasteiger partial charge on any atom is 0.244 e. The molecule has 12 heavy (non-hydrogen) atoms. The molecule has 1 fully saturated rings. The van der Waals surface area contributed by atoms with E-state index in [4.69, 9.17) is 5.84 Å². The highest BCUT2D eigenvalue weighted by molar-refractivity contribution is 6.01. The third kappa shape index (κ3) is 3.88. The van der Waals surface area contributed by atoms with Crippen molar-refractivity contribution < 1.29 is 9.59 Å². The predicted molar refractivity (Wildman–Crippen MR) is 45.8 cm³/mol. The summed E-state index contributed by atoms with van der Waals surface area (Å²) in [6.45, 7) is 7.50. The van der Waals surface area contributed by atoms with Crippen LogP contribution < -0.4 is 5.84 Å². The molecule has 0 spiro atoms. The van der Waals surface area contributed by atoms with Crippen LogP contribution in [0.4, 0.5) is 0 Å². The molecule has 0 bridgehead atoms. The fraction of sp³-hybridized carbons (Fsp3) is 0.500. The molecule has 1 saturated heterocycles. The molecule has 1 rings (SSSR count). The van der Waals surface area contributed by atoms with Crippen LogP contribution >= 0.6 is 0 Å². The second kappa shape index (κ2) is 4.66. The molecule has 0 aromatic rings. The third-order valence-corrected chi connectivity index (χ3v) is 1.09. The monoisotopic (exact) mass is 170 g/mol. The van der Waals surface area contributed by atoms with Gasteiger partial charge in [0.25, 0.3) is 0 Å². The summed E-state index contributed by atoms with van der Waals surface area (Å²) < 4.78 is 0. The number of imide groups is 1. The van der Waals surface area contributed by atoms with Crippen molar-refractivity contribution in [1.29, 1.82) is 0 Å². The Morgan fingerprint density at radius 1 is 1.33 bits per heavy atom. The number of hydrazine groups is 1. The number of hydrogen-bond donors (Lipinski definition) is 1. The molecule has 0 aromatic carbocycles. The zero-order valence-corrected chi connectivity index (χ0v) is 7.46. The number of nitrogens with zero attached hydrogens (tertiary/aromatic N) is 1. The van der Waals surface area contributed by atoms with Gasteiger partial charge in [-0.1, -0.05) is 5.57 Å². The molecule has 68 valence electrons. The first kappa shape index (κ1) is 10.8. The lowest BCUT2D eigenvalue weighted by Gasteiger charge is -2.01. The van der Waals surface area contributed by atoms with E-state index in [9.17, 15) is 9.59 Å². The van der Waals surface area contributed by atoms with Gasteiger partial charge in [0, 0.05) is 12.8 Å². The van der Waals surface area contributed by atoms with Crippen molar-refractivity contribution in [1.82, 2.24) is 5.01 Å². The van der Waals surface area contributed by atoms with Gasteiger partial charge >= 0.3 is 0 Å². The van der Waals surface area contributed by atoms with Gasteiger partial charge in [0.2, 0.25) is 11.8 Å². The van der Waals surface area contributed by atoms with E-state index in [0.29, 0.717) is 5.01 Å². The Balaban J connectivity index is 0.000000261. The van der Waals surface area contributed by atoms with Gasteiger partial charge in [-0.15, -0.1) is 6.58 Å². The van der Waals surface area contributed by atoms with Crippen LogP contribution in [0.1, 0.15) is 26.7 Å². The number of allylic oxidation sites excluding steroid dienone is 1. The lowest BCUT2D eigenvalue weighted by atomic mass is 10.4. The molecule has 2 N–H and O–H groups in total. The van der Waals surface area contributed by atoms with Crippen LogP contribution in [0.2, 0.25) is 0 Å². The number of rotatable bonds is 0. The van der Waals surface area contributed by atoms with E-state index < -0.39 is 0 Å². The van der Waals surface area contributed by atoms with E-state index >= 15 is 0 Å². The summed E-state index contributed by atoms with van der Waals surface area (Å²) in [5.74, 6) is 4.39. The topological polar surface area (TPSA) is 63.4 Å². The van der Waals surface area contributed by atoms with Crippen molar-refractivity contribution in [2.75, 3.05) is 0 Å². The molecule has 0 saturated carbocycles. The molecule has 1 aliphatic rings. The normalized spacial score (nSPS) is 15.8. The van der Waals surface area contributed by atoms with Crippen molar-refractivity contribution in [3.63, 3.8) is 0 Å². The van der Waals surface area contributed by atoms with Gasteiger partial charge < -0.3 is 0 Å². The molecule has 0 aliphatic carbocycles. The molecule has 1 aliphatic heterocycles. The fourth-order valence-electron chi connectivity index (χ4n) is 0.594. The molecule has 2 amide bonds.